The number of Topliss-reactive ketones (excluding diaryl/α,β-unsaturated/α-hetero) is 1. The van der Waals surface area contributed by atoms with Crippen LogP contribution in [0.1, 0.15) is 30.0 Å². The summed E-state index contributed by atoms with van der Waals surface area (Å²) in [6.45, 7) is 1.97. The van der Waals surface area contributed by atoms with Gasteiger partial charge >= 0.3 is 11.9 Å². The summed E-state index contributed by atoms with van der Waals surface area (Å²) in [4.78, 5) is 34.9. The minimum absolute atomic E-state index is 0.124. The molecule has 0 aliphatic carbocycles. The van der Waals surface area contributed by atoms with Crippen molar-refractivity contribution >= 4 is 45.0 Å². The van der Waals surface area contributed by atoms with Gasteiger partial charge < -0.3 is 19.2 Å². The number of furan rings is 1. The Labute approximate surface area is 177 Å². The van der Waals surface area contributed by atoms with Crippen LogP contribution in [0.15, 0.2) is 39.8 Å². The second-order valence-corrected chi connectivity index (χ2v) is 8.06. The molecule has 0 radical (unpaired) electrons. The van der Waals surface area contributed by atoms with Gasteiger partial charge in [0.2, 0.25) is 10.0 Å². The van der Waals surface area contributed by atoms with Gasteiger partial charge in [-0.25, -0.2) is 23.1 Å². The van der Waals surface area contributed by atoms with E-state index in [0.717, 1.165) is 6.07 Å². The van der Waals surface area contributed by atoms with Crippen molar-refractivity contribution in [2.45, 2.75) is 31.4 Å². The van der Waals surface area contributed by atoms with E-state index >= 15 is 0 Å². The van der Waals surface area contributed by atoms with Crippen LogP contribution in [0.2, 0.25) is 5.02 Å². The van der Waals surface area contributed by atoms with E-state index in [0.29, 0.717) is 5.76 Å². The summed E-state index contributed by atoms with van der Waals surface area (Å²) in [6, 6.07) is 5.47. The van der Waals surface area contributed by atoms with Gasteiger partial charge in [0.1, 0.15) is 10.7 Å². The number of carbonyl (C=O) groups is 3. The molecule has 1 atom stereocenters. The highest BCUT2D eigenvalue weighted by molar-refractivity contribution is 7.89. The number of nitrogens with two attached hydrogens (primary N) is 1. The summed E-state index contributed by atoms with van der Waals surface area (Å²) in [6.07, 6.45) is 0.461. The molecule has 1 heterocycles. The van der Waals surface area contributed by atoms with E-state index in [2.05, 4.69) is 5.32 Å². The lowest BCUT2D eigenvalue weighted by Crippen LogP contribution is -2.25. The van der Waals surface area contributed by atoms with Gasteiger partial charge in [0.05, 0.1) is 29.1 Å². The first kappa shape index (κ1) is 23.4. The van der Waals surface area contributed by atoms with Gasteiger partial charge in [0.15, 0.2) is 18.5 Å². The Balaban J connectivity index is 2.24. The molecule has 3 N–H and O–H groups in total. The maximum absolute atomic E-state index is 12.5. The summed E-state index contributed by atoms with van der Waals surface area (Å²) in [5.41, 5.74) is -0.110. The van der Waals surface area contributed by atoms with Crippen LogP contribution in [-0.2, 0) is 35.6 Å². The number of rotatable bonds is 9. The first-order chi connectivity index (χ1) is 14.0. The van der Waals surface area contributed by atoms with Crippen LogP contribution >= 0.6 is 11.6 Å². The SMILES string of the molecule is CC(=O)C(C)OC(=O)COC(=O)c1cc(S(N)(=O)=O)c(Cl)cc1NCc1ccco1. The molecule has 0 spiro atoms. The second-order valence-electron chi connectivity index (χ2n) is 6.13. The number of benzene rings is 1. The van der Waals surface area contributed by atoms with Crippen molar-refractivity contribution in [3.05, 3.63) is 46.9 Å². The van der Waals surface area contributed by atoms with Gasteiger partial charge in [0.25, 0.3) is 0 Å². The summed E-state index contributed by atoms with van der Waals surface area (Å²) in [5, 5.41) is 7.79. The number of primary sulfonamides is 1. The monoisotopic (exact) mass is 458 g/mol. The third-order valence-corrected chi connectivity index (χ3v) is 5.21. The summed E-state index contributed by atoms with van der Waals surface area (Å²) in [7, 11) is -4.24. The molecule has 2 rings (SSSR count). The highest BCUT2D eigenvalue weighted by Gasteiger charge is 2.23. The number of nitrogens with one attached hydrogen (secondary N) is 1. The van der Waals surface area contributed by atoms with Crippen molar-refractivity contribution in [1.82, 2.24) is 0 Å². The van der Waals surface area contributed by atoms with E-state index in [4.69, 9.17) is 30.6 Å². The minimum atomic E-state index is -4.24. The molecule has 1 aromatic heterocycles. The number of hydrogen-bond donors (Lipinski definition) is 2. The van der Waals surface area contributed by atoms with E-state index in [1.54, 1.807) is 12.1 Å². The lowest BCUT2D eigenvalue weighted by Gasteiger charge is -2.14. The Morgan fingerprint density at radius 3 is 2.57 bits per heavy atom. The minimum Gasteiger partial charge on any atom is -0.467 e. The maximum atomic E-state index is 12.5. The number of hydrogen-bond acceptors (Lipinski definition) is 9. The van der Waals surface area contributed by atoms with Crippen LogP contribution in [0.4, 0.5) is 5.69 Å². The fourth-order valence-corrected chi connectivity index (χ4v) is 3.30. The van der Waals surface area contributed by atoms with Crippen molar-refractivity contribution in [2.24, 2.45) is 5.14 Å². The Morgan fingerprint density at radius 2 is 2.00 bits per heavy atom. The van der Waals surface area contributed by atoms with E-state index < -0.39 is 39.6 Å². The van der Waals surface area contributed by atoms with Crippen LogP contribution in [0.25, 0.3) is 0 Å². The van der Waals surface area contributed by atoms with Crippen molar-refractivity contribution in [3.63, 3.8) is 0 Å². The standard InChI is InChI=1S/C18H19ClN2O8S/c1-10(22)11(2)29-17(23)9-28-18(24)13-6-16(30(20,25)26)14(19)7-15(13)21-8-12-4-3-5-27-12/h3-7,11,21H,8-9H2,1-2H3,(H2,20,25,26). The molecule has 0 saturated heterocycles. The normalized spacial score (nSPS) is 12.1. The quantitative estimate of drug-likeness (QED) is 0.535. The smallest absolute Gasteiger partial charge is 0.344 e. The van der Waals surface area contributed by atoms with E-state index in [1.165, 1.54) is 26.2 Å². The first-order valence-electron chi connectivity index (χ1n) is 8.48. The molecule has 0 saturated carbocycles. The topological polar surface area (TPSA) is 155 Å². The summed E-state index contributed by atoms with van der Waals surface area (Å²) in [5.74, 6) is -1.83. The molecule has 0 fully saturated rings. The van der Waals surface area contributed by atoms with Gasteiger partial charge in [-0.1, -0.05) is 11.6 Å². The first-order valence-corrected chi connectivity index (χ1v) is 10.4. The molecule has 30 heavy (non-hydrogen) atoms. The Bertz CT molecular complexity index is 1050. The number of halogens is 1. The van der Waals surface area contributed by atoms with E-state index in [-0.39, 0.29) is 28.6 Å². The molecule has 162 valence electrons. The van der Waals surface area contributed by atoms with Crippen LogP contribution in [0.5, 0.6) is 0 Å². The molecule has 0 bridgehead atoms. The lowest BCUT2D eigenvalue weighted by molar-refractivity contribution is -0.156. The fraction of sp³-hybridized carbons (Fsp3) is 0.278. The third-order valence-electron chi connectivity index (χ3n) is 3.83. The predicted octanol–water partition coefficient (Wildman–Crippen LogP) is 1.87. The van der Waals surface area contributed by atoms with Gasteiger partial charge in [-0.3, -0.25) is 4.79 Å². The molecule has 0 aliphatic rings. The van der Waals surface area contributed by atoms with Gasteiger partial charge in [-0.05, 0) is 38.1 Å². The molecule has 1 unspecified atom stereocenters. The average molecular weight is 459 g/mol. The van der Waals surface area contributed by atoms with Crippen LogP contribution in [0.3, 0.4) is 0 Å². The lowest BCUT2D eigenvalue weighted by atomic mass is 10.1. The highest BCUT2D eigenvalue weighted by atomic mass is 35.5. The number of ether oxygens (including phenoxy) is 2. The van der Waals surface area contributed by atoms with Gasteiger partial charge in [-0.2, -0.15) is 0 Å². The summed E-state index contributed by atoms with van der Waals surface area (Å²) < 4.78 is 38.3. The molecular formula is C18H19ClN2O8S. The number of carbonyl (C=O) groups excluding carboxylic acids is 3. The number of sulfonamides is 1. The molecular weight excluding hydrogens is 440 g/mol. The Morgan fingerprint density at radius 1 is 1.30 bits per heavy atom. The Hall–Kier alpha value is -2.89. The van der Waals surface area contributed by atoms with Crippen LogP contribution < -0.4 is 10.5 Å². The van der Waals surface area contributed by atoms with Crippen molar-refractivity contribution in [2.75, 3.05) is 11.9 Å². The zero-order chi connectivity index (χ0) is 22.5. The van der Waals surface area contributed by atoms with Crippen LogP contribution in [0, 0.1) is 0 Å². The molecule has 0 amide bonds. The molecule has 12 heteroatoms. The van der Waals surface area contributed by atoms with Crippen LogP contribution in [-0.4, -0.2) is 38.9 Å². The average Bonchev–Trinajstić information content (AvgIpc) is 3.16. The maximum Gasteiger partial charge on any atom is 0.344 e. The van der Waals surface area contributed by atoms with Gasteiger partial charge in [-0.15, -0.1) is 0 Å². The number of esters is 2. The predicted molar refractivity (Wildman–Crippen MR) is 105 cm³/mol. The molecule has 0 aliphatic heterocycles. The summed E-state index contributed by atoms with van der Waals surface area (Å²) >= 11 is 5.99. The largest absolute Gasteiger partial charge is 0.467 e. The fourth-order valence-electron chi connectivity index (χ4n) is 2.20. The Kier molecular flexibility index (Phi) is 7.59. The zero-order valence-electron chi connectivity index (χ0n) is 16.0. The third kappa shape index (κ3) is 6.31. The molecule has 10 nitrogen and oxygen atoms in total. The van der Waals surface area contributed by atoms with E-state index in [1.807, 2.05) is 0 Å². The molecule has 2 aromatic rings. The van der Waals surface area contributed by atoms with Crippen molar-refractivity contribution < 1.29 is 36.7 Å². The van der Waals surface area contributed by atoms with Gasteiger partial charge in [0, 0.05) is 0 Å². The second kappa shape index (κ2) is 9.74. The highest BCUT2D eigenvalue weighted by Crippen LogP contribution is 2.29. The number of anilines is 1. The van der Waals surface area contributed by atoms with Crippen molar-refractivity contribution in [3.8, 4) is 0 Å². The zero-order valence-corrected chi connectivity index (χ0v) is 17.6. The molecule has 1 aromatic carbocycles. The number of ketones is 1. The van der Waals surface area contributed by atoms with E-state index in [9.17, 15) is 22.8 Å². The van der Waals surface area contributed by atoms with Crippen molar-refractivity contribution in [1.29, 1.82) is 0 Å².